The van der Waals surface area contributed by atoms with Gasteiger partial charge in [-0.05, 0) is 12.8 Å². The third kappa shape index (κ3) is 15.1. The van der Waals surface area contributed by atoms with E-state index in [2.05, 4.69) is 13.5 Å². The molecule has 0 aromatic rings. The van der Waals surface area contributed by atoms with E-state index in [1.165, 1.54) is 51.4 Å². The molecule has 0 aliphatic heterocycles. The minimum atomic E-state index is -0.217. The Morgan fingerprint density at radius 3 is 2.05 bits per heavy atom. The zero-order valence-electron chi connectivity index (χ0n) is 15.9. The number of carbonyl (C=O) groups is 1. The summed E-state index contributed by atoms with van der Waals surface area (Å²) in [5.74, 6) is -0.390. The summed E-state index contributed by atoms with van der Waals surface area (Å²) in [5.41, 5.74) is 5.54. The van der Waals surface area contributed by atoms with Crippen molar-refractivity contribution in [1.29, 1.82) is 0 Å². The fourth-order valence-corrected chi connectivity index (χ4v) is 2.37. The standard InChI is InChI=1S/C18H35NO2.Na.H/c1-3-5-6-7-8-9-10-11-12-13-15-21-18(20)17(16-19)14-4-2;;/h4,17H,2-3,5-16,19H2,1H3;;/q;+1;-1. The van der Waals surface area contributed by atoms with Gasteiger partial charge in [-0.2, -0.15) is 0 Å². The molecule has 0 aromatic heterocycles. The van der Waals surface area contributed by atoms with Crippen molar-refractivity contribution in [2.24, 2.45) is 11.7 Å². The van der Waals surface area contributed by atoms with Crippen molar-refractivity contribution in [3.63, 3.8) is 0 Å². The fourth-order valence-electron chi connectivity index (χ4n) is 2.37. The predicted octanol–water partition coefficient (Wildman–Crippen LogP) is 1.72. The van der Waals surface area contributed by atoms with E-state index in [0.29, 0.717) is 19.6 Å². The van der Waals surface area contributed by atoms with Crippen molar-refractivity contribution in [3.05, 3.63) is 12.7 Å². The number of allylic oxidation sites excluding steroid dienone is 1. The second-order valence-electron chi connectivity index (χ2n) is 5.81. The van der Waals surface area contributed by atoms with Gasteiger partial charge in [0.15, 0.2) is 0 Å². The van der Waals surface area contributed by atoms with Crippen LogP contribution in [0.5, 0.6) is 0 Å². The van der Waals surface area contributed by atoms with Gasteiger partial charge in [-0.3, -0.25) is 4.79 Å². The number of esters is 1. The van der Waals surface area contributed by atoms with Crippen molar-refractivity contribution in [2.75, 3.05) is 13.2 Å². The van der Waals surface area contributed by atoms with Gasteiger partial charge in [-0.1, -0.05) is 70.8 Å². The van der Waals surface area contributed by atoms with E-state index in [-0.39, 0.29) is 42.9 Å². The Balaban J connectivity index is -0.00000200. The smallest absolute Gasteiger partial charge is 1.00 e. The Kier molecular flexibility index (Phi) is 21.3. The number of ether oxygens (including phenoxy) is 1. The van der Waals surface area contributed by atoms with Crippen LogP contribution >= 0.6 is 0 Å². The summed E-state index contributed by atoms with van der Waals surface area (Å²) >= 11 is 0. The van der Waals surface area contributed by atoms with Gasteiger partial charge in [0.1, 0.15) is 0 Å². The summed E-state index contributed by atoms with van der Waals surface area (Å²) in [6.07, 6.45) is 15.2. The Morgan fingerprint density at radius 1 is 1.09 bits per heavy atom. The van der Waals surface area contributed by atoms with Crippen LogP contribution in [0.15, 0.2) is 12.7 Å². The third-order valence-electron chi connectivity index (χ3n) is 3.81. The number of rotatable bonds is 15. The minimum absolute atomic E-state index is 0. The molecule has 3 nitrogen and oxygen atoms in total. The van der Waals surface area contributed by atoms with Crippen LogP contribution in [0.3, 0.4) is 0 Å². The first-order chi connectivity index (χ1) is 10.3. The van der Waals surface area contributed by atoms with E-state index in [0.717, 1.165) is 12.8 Å². The van der Waals surface area contributed by atoms with Crippen LogP contribution in [0.25, 0.3) is 0 Å². The van der Waals surface area contributed by atoms with Gasteiger partial charge >= 0.3 is 35.5 Å². The van der Waals surface area contributed by atoms with E-state index in [9.17, 15) is 4.79 Å². The van der Waals surface area contributed by atoms with Crippen LogP contribution in [-0.4, -0.2) is 19.1 Å². The molecule has 0 rings (SSSR count). The molecule has 1 atom stereocenters. The molecule has 0 saturated carbocycles. The van der Waals surface area contributed by atoms with E-state index < -0.39 is 0 Å². The van der Waals surface area contributed by atoms with Crippen molar-refractivity contribution in [2.45, 2.75) is 77.6 Å². The molecule has 2 N–H and O–H groups in total. The summed E-state index contributed by atoms with van der Waals surface area (Å²) in [5, 5.41) is 0. The van der Waals surface area contributed by atoms with E-state index in [1.54, 1.807) is 6.08 Å². The molecule has 22 heavy (non-hydrogen) atoms. The number of nitrogens with two attached hydrogens (primary N) is 1. The zero-order chi connectivity index (χ0) is 15.8. The molecule has 0 radical (unpaired) electrons. The monoisotopic (exact) mass is 321 g/mol. The molecule has 0 spiro atoms. The number of unbranched alkanes of at least 4 members (excludes halogenated alkanes) is 9. The Morgan fingerprint density at radius 2 is 1.59 bits per heavy atom. The topological polar surface area (TPSA) is 52.3 Å². The van der Waals surface area contributed by atoms with Gasteiger partial charge in [0.25, 0.3) is 0 Å². The fraction of sp³-hybridized carbons (Fsp3) is 0.833. The molecular formula is C18H36NNaO2. The molecule has 126 valence electrons. The molecule has 0 aliphatic carbocycles. The largest absolute Gasteiger partial charge is 1.00 e. The predicted molar refractivity (Wildman–Crippen MR) is 91.3 cm³/mol. The summed E-state index contributed by atoms with van der Waals surface area (Å²) < 4.78 is 5.25. The maximum atomic E-state index is 11.7. The van der Waals surface area contributed by atoms with Crippen molar-refractivity contribution >= 4 is 5.97 Å². The molecule has 0 aliphatic rings. The molecule has 0 fully saturated rings. The first kappa shape index (κ1) is 24.4. The number of hydrogen-bond donors (Lipinski definition) is 1. The third-order valence-corrected chi connectivity index (χ3v) is 3.81. The van der Waals surface area contributed by atoms with Crippen LogP contribution < -0.4 is 35.3 Å². The molecule has 0 bridgehead atoms. The summed E-state index contributed by atoms with van der Waals surface area (Å²) in [6.45, 7) is 6.75. The Labute approximate surface area is 161 Å². The summed E-state index contributed by atoms with van der Waals surface area (Å²) in [4.78, 5) is 11.7. The van der Waals surface area contributed by atoms with Gasteiger partial charge in [0.2, 0.25) is 0 Å². The van der Waals surface area contributed by atoms with Gasteiger partial charge < -0.3 is 11.9 Å². The van der Waals surface area contributed by atoms with E-state index >= 15 is 0 Å². The normalized spacial score (nSPS) is 11.5. The first-order valence-corrected chi connectivity index (χ1v) is 8.73. The second kappa shape index (κ2) is 19.2. The van der Waals surface area contributed by atoms with Crippen LogP contribution in [0.4, 0.5) is 0 Å². The molecule has 0 amide bonds. The van der Waals surface area contributed by atoms with E-state index in [4.69, 9.17) is 10.5 Å². The Bertz CT molecular complexity index is 265. The average Bonchev–Trinajstić information content (AvgIpc) is 2.50. The van der Waals surface area contributed by atoms with Gasteiger partial charge in [0, 0.05) is 6.54 Å². The van der Waals surface area contributed by atoms with E-state index in [1.807, 2.05) is 0 Å². The SMILES string of the molecule is C=CCC(CN)C(=O)OCCCCCCCCCCCC.[H-].[Na+]. The van der Waals surface area contributed by atoms with Gasteiger partial charge in [-0.25, -0.2) is 0 Å². The van der Waals surface area contributed by atoms with Crippen LogP contribution in [0.2, 0.25) is 0 Å². The van der Waals surface area contributed by atoms with Crippen molar-refractivity contribution in [1.82, 2.24) is 0 Å². The Hall–Kier alpha value is 0.170. The second-order valence-corrected chi connectivity index (χ2v) is 5.81. The quantitative estimate of drug-likeness (QED) is 0.216. The molecular weight excluding hydrogens is 285 g/mol. The molecule has 4 heteroatoms. The van der Waals surface area contributed by atoms with Crippen molar-refractivity contribution in [3.8, 4) is 0 Å². The average molecular weight is 321 g/mol. The molecule has 0 saturated heterocycles. The van der Waals surface area contributed by atoms with Gasteiger partial charge in [-0.15, -0.1) is 6.58 Å². The summed E-state index contributed by atoms with van der Waals surface area (Å²) in [7, 11) is 0. The maximum absolute atomic E-state index is 11.7. The molecule has 0 heterocycles. The molecule has 1 unspecified atom stereocenters. The first-order valence-electron chi connectivity index (χ1n) is 8.73. The number of hydrogen-bond acceptors (Lipinski definition) is 3. The number of carbonyl (C=O) groups excluding carboxylic acids is 1. The maximum Gasteiger partial charge on any atom is 1.00 e. The minimum Gasteiger partial charge on any atom is -1.00 e. The van der Waals surface area contributed by atoms with Crippen LogP contribution in [0.1, 0.15) is 79.0 Å². The van der Waals surface area contributed by atoms with Crippen molar-refractivity contribution < 1.29 is 40.5 Å². The van der Waals surface area contributed by atoms with Crippen LogP contribution in [-0.2, 0) is 9.53 Å². The van der Waals surface area contributed by atoms with Crippen LogP contribution in [0, 0.1) is 5.92 Å². The zero-order valence-corrected chi connectivity index (χ0v) is 16.9. The molecule has 0 aromatic carbocycles. The summed E-state index contributed by atoms with van der Waals surface area (Å²) in [6, 6.07) is 0. The van der Waals surface area contributed by atoms with Gasteiger partial charge in [0.05, 0.1) is 12.5 Å².